The molecule has 0 saturated carbocycles. The van der Waals surface area contributed by atoms with Crippen LogP contribution >= 0.6 is 0 Å². The number of amides is 7. The number of aliphatic hydroxyl groups is 2. The lowest BCUT2D eigenvalue weighted by Gasteiger charge is -2.28. The normalized spacial score (nSPS) is 14.6. The summed E-state index contributed by atoms with van der Waals surface area (Å²) in [6.45, 7) is 4.11. The number of aliphatic hydroxyl groups excluding tert-OH is 2. The summed E-state index contributed by atoms with van der Waals surface area (Å²) >= 11 is 0. The van der Waals surface area contributed by atoms with Gasteiger partial charge in [0.1, 0.15) is 42.3 Å². The first kappa shape index (κ1) is 59.1. The van der Waals surface area contributed by atoms with E-state index in [4.69, 9.17) is 28.7 Å². The van der Waals surface area contributed by atoms with Crippen molar-refractivity contribution in [2.45, 2.75) is 121 Å². The van der Waals surface area contributed by atoms with E-state index < -0.39 is 146 Å². The molecule has 0 fully saturated rings. The number of carboxylic acid groups (broad SMARTS) is 3. The van der Waals surface area contributed by atoms with Gasteiger partial charge in [0.15, 0.2) is 11.9 Å². The molecule has 0 heterocycles. The van der Waals surface area contributed by atoms with Gasteiger partial charge in [-0.3, -0.25) is 53.1 Å². The first-order chi connectivity index (χ1) is 30.7. The molecule has 374 valence electrons. The Kier molecular flexibility index (Phi) is 27.1. The van der Waals surface area contributed by atoms with E-state index in [0.29, 0.717) is 0 Å². The Balaban J connectivity index is 6.63. The van der Waals surface area contributed by atoms with Crippen LogP contribution in [-0.2, 0) is 47.9 Å². The van der Waals surface area contributed by atoms with Crippen LogP contribution in [0.4, 0.5) is 0 Å². The standard InChI is InChI=1S/C37H66N14O15/c1-16(2)26(38)33(63)47-19(8-6-12-44-37(41)42)29(59)49-22(14-52)32(62)45-18(7-5-11-43-36(39)40)28(58)46-20(9-10-24(54)55)30(60)48-21(13-25(56)57)31(61)51-27(17(3)4)34(64)50-23(15-53)35(65)66/h16-23,26-27,52-53H,5-15,38H2,1-4H3,(H,45,62)(H,46,58)(H,47,63)(H,48,60)(H,49,59)(H,50,64)(H,51,61)(H,54,55)(H,56,57)(H,65,66)(H4,39,40,43)(H4,41,42,44)/t18-,19-,20-,21-,22-,23-,26-,27-/m0/s1. The summed E-state index contributed by atoms with van der Waals surface area (Å²) in [4.78, 5) is 136. The maximum absolute atomic E-state index is 13.8. The fourth-order valence-corrected chi connectivity index (χ4v) is 5.56. The lowest BCUT2D eigenvalue weighted by Crippen LogP contribution is -2.61. The molecule has 0 unspecified atom stereocenters. The molecule has 8 atom stereocenters. The number of rotatable bonds is 32. The molecule has 0 aliphatic rings. The third kappa shape index (κ3) is 23.2. The van der Waals surface area contributed by atoms with Crippen molar-refractivity contribution in [3.05, 3.63) is 0 Å². The Labute approximate surface area is 379 Å². The Bertz CT molecular complexity index is 1750. The first-order valence-corrected chi connectivity index (χ1v) is 20.6. The van der Waals surface area contributed by atoms with Gasteiger partial charge < -0.3 is 91.4 Å². The summed E-state index contributed by atoms with van der Waals surface area (Å²) in [7, 11) is 0. The summed E-state index contributed by atoms with van der Waals surface area (Å²) in [5.41, 5.74) is 27.4. The van der Waals surface area contributed by atoms with Gasteiger partial charge in [0.2, 0.25) is 41.4 Å². The minimum Gasteiger partial charge on any atom is -0.481 e. The van der Waals surface area contributed by atoms with Crippen LogP contribution in [0.1, 0.15) is 72.6 Å². The van der Waals surface area contributed by atoms with Crippen LogP contribution in [0.3, 0.4) is 0 Å². The highest BCUT2D eigenvalue weighted by atomic mass is 16.4. The molecule has 29 heteroatoms. The molecular weight excluding hydrogens is 880 g/mol. The average Bonchev–Trinajstić information content (AvgIpc) is 3.22. The van der Waals surface area contributed by atoms with Gasteiger partial charge in [-0.2, -0.15) is 0 Å². The third-order valence-electron chi connectivity index (χ3n) is 9.33. The maximum Gasteiger partial charge on any atom is 0.328 e. The smallest absolute Gasteiger partial charge is 0.328 e. The molecular formula is C37H66N14O15. The molecule has 0 aromatic heterocycles. The van der Waals surface area contributed by atoms with Crippen LogP contribution in [0, 0.1) is 11.8 Å². The van der Waals surface area contributed by atoms with Crippen molar-refractivity contribution in [1.29, 1.82) is 0 Å². The number of guanidine groups is 2. The minimum absolute atomic E-state index is 0.0185. The molecule has 0 rings (SSSR count). The molecule has 66 heavy (non-hydrogen) atoms. The van der Waals surface area contributed by atoms with Crippen molar-refractivity contribution in [2.75, 3.05) is 26.3 Å². The number of hydrogen-bond acceptors (Lipinski definition) is 15. The van der Waals surface area contributed by atoms with E-state index in [0.717, 1.165) is 0 Å². The fourth-order valence-electron chi connectivity index (χ4n) is 5.56. The van der Waals surface area contributed by atoms with Crippen LogP contribution in [0.5, 0.6) is 0 Å². The lowest BCUT2D eigenvalue weighted by atomic mass is 10.0. The summed E-state index contributed by atoms with van der Waals surface area (Å²) in [6, 6.07) is -12.9. The van der Waals surface area contributed by atoms with E-state index in [1.807, 2.05) is 5.32 Å². The molecule has 0 aliphatic heterocycles. The number of carbonyl (C=O) groups is 10. The van der Waals surface area contributed by atoms with Crippen LogP contribution in [0.15, 0.2) is 9.98 Å². The first-order valence-electron chi connectivity index (χ1n) is 20.6. The van der Waals surface area contributed by atoms with Gasteiger partial charge in [0.25, 0.3) is 0 Å². The van der Waals surface area contributed by atoms with Crippen LogP contribution in [0.2, 0.25) is 0 Å². The average molecular weight is 947 g/mol. The van der Waals surface area contributed by atoms with Gasteiger partial charge in [-0.25, -0.2) is 4.79 Å². The Morgan fingerprint density at radius 2 is 0.848 bits per heavy atom. The molecule has 0 spiro atoms. The lowest BCUT2D eigenvalue weighted by molar-refractivity contribution is -0.144. The number of nitrogens with zero attached hydrogens (tertiary/aromatic N) is 2. The fraction of sp³-hybridized carbons (Fsp3) is 0.676. The number of nitrogens with one attached hydrogen (secondary N) is 7. The van der Waals surface area contributed by atoms with Crippen molar-refractivity contribution in [3.8, 4) is 0 Å². The number of carbonyl (C=O) groups excluding carboxylic acids is 7. The summed E-state index contributed by atoms with van der Waals surface area (Å²) in [5, 5.41) is 63.4. The van der Waals surface area contributed by atoms with E-state index in [2.05, 4.69) is 41.9 Å². The van der Waals surface area contributed by atoms with Crippen LogP contribution in [0.25, 0.3) is 0 Å². The second kappa shape index (κ2) is 30.3. The van der Waals surface area contributed by atoms with Crippen LogP contribution < -0.4 is 65.9 Å². The predicted octanol–water partition coefficient (Wildman–Crippen LogP) is -7.46. The van der Waals surface area contributed by atoms with Crippen molar-refractivity contribution in [3.63, 3.8) is 0 Å². The molecule has 0 aromatic carbocycles. The molecule has 0 bridgehead atoms. The van der Waals surface area contributed by atoms with E-state index >= 15 is 0 Å². The second-order valence-corrected chi connectivity index (χ2v) is 15.5. The zero-order valence-corrected chi connectivity index (χ0v) is 37.2. The highest BCUT2D eigenvalue weighted by Gasteiger charge is 2.36. The summed E-state index contributed by atoms with van der Waals surface area (Å²) in [6.07, 6.45) is -2.75. The van der Waals surface area contributed by atoms with E-state index in [1.165, 1.54) is 13.8 Å². The SMILES string of the molecule is CC(C)[C@H](N)C(=O)N[C@@H](CCCN=C(N)N)C(=O)N[C@@H](CO)C(=O)N[C@@H](CCCN=C(N)N)C(=O)N[C@@H](CCC(=O)O)C(=O)N[C@@H](CC(=O)O)C(=O)N[C@H](C(=O)N[C@@H](CO)C(=O)O)C(C)C. The Morgan fingerprint density at radius 3 is 1.23 bits per heavy atom. The quantitative estimate of drug-likeness (QED) is 0.0169. The molecule has 29 nitrogen and oxygen atoms in total. The topological polar surface area (TPSA) is 511 Å². The molecule has 0 saturated heterocycles. The zero-order chi connectivity index (χ0) is 50.8. The molecule has 7 amide bonds. The number of aliphatic imine (C=N–C) groups is 2. The minimum atomic E-state index is -1.98. The van der Waals surface area contributed by atoms with Crippen molar-refractivity contribution in [1.82, 2.24) is 37.2 Å². The zero-order valence-electron chi connectivity index (χ0n) is 37.2. The number of nitrogens with two attached hydrogens (primary N) is 5. The molecule has 0 aromatic rings. The van der Waals surface area contributed by atoms with Gasteiger partial charge in [-0.05, 0) is 43.9 Å². The summed E-state index contributed by atoms with van der Waals surface area (Å²) in [5.74, 6) is -13.9. The highest BCUT2D eigenvalue weighted by molar-refractivity contribution is 5.98. The summed E-state index contributed by atoms with van der Waals surface area (Å²) < 4.78 is 0. The van der Waals surface area contributed by atoms with Gasteiger partial charge in [-0.1, -0.05) is 27.7 Å². The molecule has 0 radical (unpaired) electrons. The van der Waals surface area contributed by atoms with E-state index in [1.54, 1.807) is 13.8 Å². The predicted molar refractivity (Wildman–Crippen MR) is 232 cm³/mol. The largest absolute Gasteiger partial charge is 0.481 e. The van der Waals surface area contributed by atoms with Crippen molar-refractivity contribution < 1.29 is 73.5 Å². The second-order valence-electron chi connectivity index (χ2n) is 15.5. The van der Waals surface area contributed by atoms with E-state index in [9.17, 15) is 73.5 Å². The maximum atomic E-state index is 13.8. The highest BCUT2D eigenvalue weighted by Crippen LogP contribution is 2.09. The molecule has 0 aliphatic carbocycles. The van der Waals surface area contributed by atoms with Gasteiger partial charge in [-0.15, -0.1) is 0 Å². The monoisotopic (exact) mass is 946 g/mol. The van der Waals surface area contributed by atoms with E-state index in [-0.39, 0.29) is 56.6 Å². The van der Waals surface area contributed by atoms with Gasteiger partial charge in [0.05, 0.1) is 25.7 Å². The van der Waals surface area contributed by atoms with Gasteiger partial charge in [0, 0.05) is 19.5 Å². The number of carboxylic acids is 3. The Hall–Kier alpha value is -6.88. The van der Waals surface area contributed by atoms with Gasteiger partial charge >= 0.3 is 17.9 Å². The Morgan fingerprint density at radius 1 is 0.470 bits per heavy atom. The number of hydrogen-bond donors (Lipinski definition) is 17. The van der Waals surface area contributed by atoms with Crippen molar-refractivity contribution in [2.24, 2.45) is 50.5 Å². The third-order valence-corrected chi connectivity index (χ3v) is 9.33. The molecule has 22 N–H and O–H groups in total. The van der Waals surface area contributed by atoms with Crippen LogP contribution in [-0.4, -0.2) is 171 Å². The number of aliphatic carboxylic acids is 3. The van der Waals surface area contributed by atoms with Crippen molar-refractivity contribution >= 4 is 71.2 Å².